The number of anilines is 2. The zero-order valence-electron chi connectivity index (χ0n) is 17.1. The molecular formula is C23H18ClN3O4S2. The van der Waals surface area contributed by atoms with Crippen molar-refractivity contribution < 1.29 is 18.0 Å². The number of hydrogen-bond donors (Lipinski definition) is 1. The second-order valence-electron chi connectivity index (χ2n) is 7.04. The van der Waals surface area contributed by atoms with Crippen LogP contribution < -0.4 is 10.2 Å². The van der Waals surface area contributed by atoms with E-state index >= 15 is 0 Å². The van der Waals surface area contributed by atoms with Crippen LogP contribution in [0.1, 0.15) is 6.42 Å². The zero-order chi connectivity index (χ0) is 23.4. The molecule has 7 nitrogen and oxygen atoms in total. The number of halogens is 1. The molecule has 1 aliphatic heterocycles. The van der Waals surface area contributed by atoms with Crippen LogP contribution in [-0.2, 0) is 19.6 Å². The Morgan fingerprint density at radius 1 is 0.970 bits per heavy atom. The molecule has 168 valence electrons. The summed E-state index contributed by atoms with van der Waals surface area (Å²) >= 11 is 6.80. The number of para-hydroxylation sites is 2. The molecule has 0 spiro atoms. The van der Waals surface area contributed by atoms with Crippen LogP contribution in [0.2, 0.25) is 5.02 Å². The summed E-state index contributed by atoms with van der Waals surface area (Å²) < 4.78 is 29.7. The van der Waals surface area contributed by atoms with Gasteiger partial charge in [0, 0.05) is 17.1 Å². The first kappa shape index (κ1) is 23.0. The van der Waals surface area contributed by atoms with E-state index in [9.17, 15) is 18.0 Å². The number of nitrogens with one attached hydrogen (secondary N) is 1. The summed E-state index contributed by atoms with van der Waals surface area (Å²) in [6.45, 7) is 0. The molecule has 3 aromatic carbocycles. The number of hydrogen-bond acceptors (Lipinski definition) is 5. The molecule has 3 aromatic rings. The van der Waals surface area contributed by atoms with Crippen LogP contribution in [0.15, 0.2) is 94.2 Å². The monoisotopic (exact) mass is 499 g/mol. The van der Waals surface area contributed by atoms with Crippen molar-refractivity contribution in [3.8, 4) is 0 Å². The largest absolute Gasteiger partial charge is 0.326 e. The van der Waals surface area contributed by atoms with Gasteiger partial charge in [0.1, 0.15) is 5.25 Å². The Bertz CT molecular complexity index is 1300. The fourth-order valence-electron chi connectivity index (χ4n) is 3.14. The summed E-state index contributed by atoms with van der Waals surface area (Å²) in [5.74, 6) is -0.777. The van der Waals surface area contributed by atoms with Crippen LogP contribution in [-0.4, -0.2) is 30.6 Å². The van der Waals surface area contributed by atoms with Crippen LogP contribution >= 0.6 is 23.4 Å². The van der Waals surface area contributed by atoms with E-state index in [2.05, 4.69) is 9.71 Å². The third kappa shape index (κ3) is 5.44. The summed E-state index contributed by atoms with van der Waals surface area (Å²) in [6.07, 6.45) is -0.137. The third-order valence-corrected chi connectivity index (χ3v) is 7.47. The Morgan fingerprint density at radius 3 is 2.21 bits per heavy atom. The van der Waals surface area contributed by atoms with Crippen molar-refractivity contribution in [2.75, 3.05) is 10.2 Å². The van der Waals surface area contributed by atoms with Crippen molar-refractivity contribution in [2.24, 2.45) is 4.40 Å². The molecule has 2 amide bonds. The second kappa shape index (κ2) is 9.78. The highest BCUT2D eigenvalue weighted by atomic mass is 35.5. The molecule has 0 saturated carbocycles. The molecule has 1 heterocycles. The molecular weight excluding hydrogens is 482 g/mol. The summed E-state index contributed by atoms with van der Waals surface area (Å²) in [4.78, 5) is 26.9. The van der Waals surface area contributed by atoms with Crippen LogP contribution in [0, 0.1) is 0 Å². The predicted octanol–water partition coefficient (Wildman–Crippen LogP) is 4.56. The van der Waals surface area contributed by atoms with Crippen molar-refractivity contribution in [1.82, 2.24) is 0 Å². The number of amides is 2. The summed E-state index contributed by atoms with van der Waals surface area (Å²) in [7, 11) is -4.11. The summed E-state index contributed by atoms with van der Waals surface area (Å²) in [5.41, 5.74) is 1.07. The number of carbonyl (C=O) groups excluding carboxylic acids is 2. The van der Waals surface area contributed by atoms with Gasteiger partial charge in [0.05, 0.1) is 10.6 Å². The van der Waals surface area contributed by atoms with Crippen molar-refractivity contribution >= 4 is 61.7 Å². The van der Waals surface area contributed by atoms with E-state index in [1.807, 2.05) is 6.07 Å². The molecule has 0 aliphatic carbocycles. The molecule has 1 saturated heterocycles. The SMILES string of the molecule is O=C(CC1S/C(=N/S(=O)(=O)c2ccc(Cl)cc2)N(c2ccccc2)C1=O)Nc1ccccc1. The van der Waals surface area contributed by atoms with E-state index in [0.29, 0.717) is 16.4 Å². The molecule has 1 N–H and O–H groups in total. The number of sulfonamides is 1. The van der Waals surface area contributed by atoms with Crippen molar-refractivity contribution in [1.29, 1.82) is 0 Å². The molecule has 10 heteroatoms. The average molecular weight is 500 g/mol. The quantitative estimate of drug-likeness (QED) is 0.536. The topological polar surface area (TPSA) is 95.9 Å². The fraction of sp³-hybridized carbons (Fsp3) is 0.0870. The first-order chi connectivity index (χ1) is 15.8. The van der Waals surface area contributed by atoms with E-state index in [-0.39, 0.29) is 22.4 Å². The van der Waals surface area contributed by atoms with E-state index in [1.165, 1.54) is 29.2 Å². The van der Waals surface area contributed by atoms with E-state index in [1.54, 1.807) is 54.6 Å². The van der Waals surface area contributed by atoms with Crippen LogP contribution in [0.5, 0.6) is 0 Å². The molecule has 4 rings (SSSR count). The van der Waals surface area contributed by atoms with Gasteiger partial charge < -0.3 is 5.32 Å². The van der Waals surface area contributed by atoms with E-state index < -0.39 is 21.2 Å². The van der Waals surface area contributed by atoms with Crippen LogP contribution in [0.3, 0.4) is 0 Å². The Morgan fingerprint density at radius 2 is 1.58 bits per heavy atom. The van der Waals surface area contributed by atoms with Crippen LogP contribution in [0.4, 0.5) is 11.4 Å². The van der Waals surface area contributed by atoms with Gasteiger partial charge in [0.15, 0.2) is 5.17 Å². The van der Waals surface area contributed by atoms with Crippen molar-refractivity contribution in [3.05, 3.63) is 90.0 Å². The number of nitrogens with zero attached hydrogens (tertiary/aromatic N) is 2. The Balaban J connectivity index is 1.63. The summed E-state index contributed by atoms with van der Waals surface area (Å²) in [6, 6.07) is 23.1. The van der Waals surface area contributed by atoms with Gasteiger partial charge in [-0.15, -0.1) is 4.40 Å². The minimum absolute atomic E-state index is 0.0151. The van der Waals surface area contributed by atoms with Gasteiger partial charge in [0.25, 0.3) is 10.0 Å². The van der Waals surface area contributed by atoms with Gasteiger partial charge in [-0.1, -0.05) is 59.8 Å². The first-order valence-corrected chi connectivity index (χ1v) is 12.5. The standard InChI is InChI=1S/C23H18ClN3O4S2/c24-16-11-13-19(14-12-16)33(30,31)26-23-27(18-9-5-2-6-10-18)22(29)20(32-23)15-21(28)25-17-7-3-1-4-8-17/h1-14,20H,15H2,(H,25,28)/b26-23+. The van der Waals surface area contributed by atoms with Gasteiger partial charge in [-0.2, -0.15) is 8.42 Å². The third-order valence-electron chi connectivity index (χ3n) is 4.69. The molecule has 1 aliphatic rings. The van der Waals surface area contributed by atoms with Crippen molar-refractivity contribution in [3.63, 3.8) is 0 Å². The lowest BCUT2D eigenvalue weighted by molar-refractivity contribution is -0.121. The zero-order valence-corrected chi connectivity index (χ0v) is 19.5. The number of benzene rings is 3. The smallest absolute Gasteiger partial charge is 0.284 e. The maximum atomic E-state index is 13.2. The number of amidine groups is 1. The summed E-state index contributed by atoms with van der Waals surface area (Å²) in [5, 5.41) is 2.29. The highest BCUT2D eigenvalue weighted by molar-refractivity contribution is 8.16. The molecule has 33 heavy (non-hydrogen) atoms. The molecule has 1 fully saturated rings. The maximum Gasteiger partial charge on any atom is 0.284 e. The van der Waals surface area contributed by atoms with Gasteiger partial charge in [0.2, 0.25) is 11.8 Å². The minimum Gasteiger partial charge on any atom is -0.326 e. The van der Waals surface area contributed by atoms with Gasteiger partial charge in [-0.25, -0.2) is 0 Å². The van der Waals surface area contributed by atoms with Crippen molar-refractivity contribution in [2.45, 2.75) is 16.6 Å². The first-order valence-electron chi connectivity index (χ1n) is 9.84. The molecule has 0 bridgehead atoms. The van der Waals surface area contributed by atoms with E-state index in [4.69, 9.17) is 11.6 Å². The number of carbonyl (C=O) groups is 2. The Labute approximate surface area is 200 Å². The predicted molar refractivity (Wildman–Crippen MR) is 131 cm³/mol. The lowest BCUT2D eigenvalue weighted by Crippen LogP contribution is -2.33. The Hall–Kier alpha value is -3.14. The van der Waals surface area contributed by atoms with Gasteiger partial charge in [-0.05, 0) is 48.5 Å². The molecule has 1 atom stereocenters. The second-order valence-corrected chi connectivity index (χ2v) is 10.2. The number of thioether (sulfide) groups is 1. The minimum atomic E-state index is -4.11. The maximum absolute atomic E-state index is 13.2. The lowest BCUT2D eigenvalue weighted by Gasteiger charge is -2.16. The Kier molecular flexibility index (Phi) is 6.83. The normalized spacial score (nSPS) is 17.4. The highest BCUT2D eigenvalue weighted by Gasteiger charge is 2.41. The molecule has 0 radical (unpaired) electrons. The fourth-order valence-corrected chi connectivity index (χ4v) is 5.60. The highest BCUT2D eigenvalue weighted by Crippen LogP contribution is 2.35. The van der Waals surface area contributed by atoms with E-state index in [0.717, 1.165) is 11.8 Å². The van der Waals surface area contributed by atoms with Gasteiger partial charge in [-0.3, -0.25) is 14.5 Å². The molecule has 1 unspecified atom stereocenters. The average Bonchev–Trinajstić information content (AvgIpc) is 3.09. The molecule has 0 aromatic heterocycles. The lowest BCUT2D eigenvalue weighted by atomic mass is 10.2. The number of rotatable bonds is 6. The van der Waals surface area contributed by atoms with Crippen LogP contribution in [0.25, 0.3) is 0 Å². The van der Waals surface area contributed by atoms with Gasteiger partial charge >= 0.3 is 0 Å².